The minimum atomic E-state index is -3.50. The van der Waals surface area contributed by atoms with Crippen LogP contribution in [0.1, 0.15) is 26.2 Å². The molecule has 7 heteroatoms. The van der Waals surface area contributed by atoms with Gasteiger partial charge in [-0.05, 0) is 6.42 Å². The van der Waals surface area contributed by atoms with Crippen LogP contribution in [0.3, 0.4) is 0 Å². The Kier molecular flexibility index (Phi) is 4.25. The number of halogens is 2. The second-order valence-corrected chi connectivity index (χ2v) is 5.69. The monoisotopic (exact) mass is 258 g/mol. The normalized spacial score (nSPS) is 22.8. The fourth-order valence-corrected chi connectivity index (χ4v) is 1.83. The van der Waals surface area contributed by atoms with E-state index in [4.69, 9.17) is 4.74 Å². The summed E-state index contributed by atoms with van der Waals surface area (Å²) in [5.41, 5.74) is 0. The van der Waals surface area contributed by atoms with Gasteiger partial charge in [0.1, 0.15) is 0 Å². The van der Waals surface area contributed by atoms with Gasteiger partial charge in [-0.15, -0.1) is 0 Å². The van der Waals surface area contributed by atoms with Crippen LogP contribution in [-0.4, -0.2) is 39.4 Å². The number of hydrogen-bond acceptors (Lipinski definition) is 4. The van der Waals surface area contributed by atoms with Crippen LogP contribution in [0, 0.1) is 0 Å². The van der Waals surface area contributed by atoms with E-state index in [0.29, 0.717) is 6.42 Å². The van der Waals surface area contributed by atoms with Gasteiger partial charge in [0.2, 0.25) is 0 Å². The average Bonchev–Trinajstić information content (AvgIpc) is 2.07. The Morgan fingerprint density at radius 1 is 1.44 bits per heavy atom. The molecule has 0 aromatic heterocycles. The minimum absolute atomic E-state index is 0.114. The van der Waals surface area contributed by atoms with Crippen molar-refractivity contribution in [3.8, 4) is 0 Å². The molecule has 1 atom stereocenters. The first-order valence-corrected chi connectivity index (χ1v) is 6.91. The van der Waals surface area contributed by atoms with Crippen molar-refractivity contribution in [2.75, 3.05) is 12.9 Å². The van der Waals surface area contributed by atoms with E-state index < -0.39 is 28.2 Å². The lowest BCUT2D eigenvalue weighted by atomic mass is 9.91. The molecule has 0 spiro atoms. The molecule has 0 bridgehead atoms. The van der Waals surface area contributed by atoms with Crippen molar-refractivity contribution in [3.63, 3.8) is 0 Å². The zero-order valence-electron chi connectivity index (χ0n) is 9.28. The van der Waals surface area contributed by atoms with E-state index >= 15 is 0 Å². The Morgan fingerprint density at radius 2 is 2.00 bits per heavy atom. The summed E-state index contributed by atoms with van der Waals surface area (Å²) in [7, 11) is -3.50. The second kappa shape index (κ2) is 4.93. The molecule has 0 N–H and O–H groups in total. The van der Waals surface area contributed by atoms with Crippen LogP contribution in [0.5, 0.6) is 0 Å². The number of ether oxygens (including phenoxy) is 1. The lowest BCUT2D eigenvalue weighted by Crippen LogP contribution is -2.43. The van der Waals surface area contributed by atoms with E-state index in [9.17, 15) is 17.2 Å². The quantitative estimate of drug-likeness (QED) is 0.678. The fourth-order valence-electron chi connectivity index (χ4n) is 1.43. The first-order valence-electron chi connectivity index (χ1n) is 5.09. The lowest BCUT2D eigenvalue weighted by molar-refractivity contribution is -0.185. The molecular formula is C9H16F2O4S. The lowest BCUT2D eigenvalue weighted by Gasteiger charge is -2.36. The summed E-state index contributed by atoms with van der Waals surface area (Å²) in [5, 5.41) is 0. The molecule has 1 aliphatic carbocycles. The van der Waals surface area contributed by atoms with Gasteiger partial charge in [0, 0.05) is 12.8 Å². The SMILES string of the molecule is CCC(COS(C)(=O)=O)OC1CC(F)(F)C1. The first-order chi connectivity index (χ1) is 7.22. The molecule has 0 aliphatic heterocycles. The molecule has 0 radical (unpaired) electrons. The van der Waals surface area contributed by atoms with Gasteiger partial charge in [0.05, 0.1) is 25.1 Å². The molecule has 0 heterocycles. The van der Waals surface area contributed by atoms with E-state index in [0.717, 1.165) is 6.26 Å². The van der Waals surface area contributed by atoms with E-state index in [1.54, 1.807) is 6.92 Å². The van der Waals surface area contributed by atoms with Crippen LogP contribution in [-0.2, 0) is 19.0 Å². The molecule has 1 saturated carbocycles. The largest absolute Gasteiger partial charge is 0.372 e. The number of hydrogen-bond donors (Lipinski definition) is 0. The summed E-state index contributed by atoms with van der Waals surface area (Å²) < 4.78 is 56.3. The maximum atomic E-state index is 12.5. The van der Waals surface area contributed by atoms with Crippen molar-refractivity contribution in [1.82, 2.24) is 0 Å². The van der Waals surface area contributed by atoms with Gasteiger partial charge in [0.25, 0.3) is 16.0 Å². The van der Waals surface area contributed by atoms with Crippen LogP contribution in [0.2, 0.25) is 0 Å². The third kappa shape index (κ3) is 4.71. The topological polar surface area (TPSA) is 52.6 Å². The third-order valence-electron chi connectivity index (χ3n) is 2.36. The Hall–Kier alpha value is -0.270. The summed E-state index contributed by atoms with van der Waals surface area (Å²) in [6.07, 6.45) is -0.0431. The van der Waals surface area contributed by atoms with Gasteiger partial charge in [0.15, 0.2) is 0 Å². The molecule has 0 amide bonds. The highest BCUT2D eigenvalue weighted by molar-refractivity contribution is 7.85. The van der Waals surface area contributed by atoms with Crippen molar-refractivity contribution in [2.45, 2.75) is 44.3 Å². The molecule has 1 unspecified atom stereocenters. The van der Waals surface area contributed by atoms with E-state index in [1.807, 2.05) is 0 Å². The van der Waals surface area contributed by atoms with Gasteiger partial charge in [-0.25, -0.2) is 8.78 Å². The summed E-state index contributed by atoms with van der Waals surface area (Å²) >= 11 is 0. The standard InChI is InChI=1S/C9H16F2O4S/c1-3-7(6-14-16(2,12)13)15-8-4-9(10,11)5-8/h7-8H,3-6H2,1-2H3. The highest BCUT2D eigenvalue weighted by Crippen LogP contribution is 2.39. The molecule has 4 nitrogen and oxygen atoms in total. The van der Waals surface area contributed by atoms with Gasteiger partial charge < -0.3 is 4.74 Å². The molecule has 16 heavy (non-hydrogen) atoms. The summed E-state index contributed by atoms with van der Waals surface area (Å²) in [4.78, 5) is 0. The van der Waals surface area contributed by atoms with Crippen molar-refractivity contribution < 1.29 is 26.1 Å². The average molecular weight is 258 g/mol. The molecule has 0 aromatic rings. The van der Waals surface area contributed by atoms with Crippen LogP contribution in [0.15, 0.2) is 0 Å². The maximum absolute atomic E-state index is 12.5. The van der Waals surface area contributed by atoms with Crippen LogP contribution >= 0.6 is 0 Å². The Bertz CT molecular complexity index is 320. The zero-order chi connectivity index (χ0) is 12.4. The Labute approximate surface area is 94.0 Å². The first kappa shape index (κ1) is 13.8. The van der Waals surface area contributed by atoms with Crippen molar-refractivity contribution in [3.05, 3.63) is 0 Å². The fraction of sp³-hybridized carbons (Fsp3) is 1.00. The van der Waals surface area contributed by atoms with E-state index in [1.165, 1.54) is 0 Å². The summed E-state index contributed by atoms with van der Waals surface area (Å²) in [6, 6.07) is 0. The molecule has 0 saturated heterocycles. The molecule has 1 rings (SSSR count). The highest BCUT2D eigenvalue weighted by Gasteiger charge is 2.46. The summed E-state index contributed by atoms with van der Waals surface area (Å²) in [5.74, 6) is -2.62. The van der Waals surface area contributed by atoms with Crippen LogP contribution < -0.4 is 0 Å². The Morgan fingerprint density at radius 3 is 2.38 bits per heavy atom. The van der Waals surface area contributed by atoms with E-state index in [2.05, 4.69) is 4.18 Å². The van der Waals surface area contributed by atoms with Crippen LogP contribution in [0.25, 0.3) is 0 Å². The summed E-state index contributed by atoms with van der Waals surface area (Å²) in [6.45, 7) is 1.67. The second-order valence-electron chi connectivity index (χ2n) is 4.04. The van der Waals surface area contributed by atoms with Gasteiger partial charge in [-0.3, -0.25) is 4.18 Å². The van der Waals surface area contributed by atoms with Crippen molar-refractivity contribution in [2.24, 2.45) is 0 Å². The smallest absolute Gasteiger partial charge is 0.264 e. The van der Waals surface area contributed by atoms with Gasteiger partial charge in [-0.2, -0.15) is 8.42 Å². The predicted molar refractivity (Wildman–Crippen MR) is 53.9 cm³/mol. The van der Waals surface area contributed by atoms with E-state index in [-0.39, 0.29) is 19.4 Å². The Balaban J connectivity index is 2.28. The molecular weight excluding hydrogens is 242 g/mol. The van der Waals surface area contributed by atoms with Gasteiger partial charge >= 0.3 is 0 Å². The van der Waals surface area contributed by atoms with Gasteiger partial charge in [-0.1, -0.05) is 6.92 Å². The predicted octanol–water partition coefficient (Wildman–Crippen LogP) is 1.56. The number of alkyl halides is 2. The molecule has 1 aliphatic rings. The van der Waals surface area contributed by atoms with Crippen molar-refractivity contribution >= 4 is 10.1 Å². The molecule has 96 valence electrons. The van der Waals surface area contributed by atoms with Crippen molar-refractivity contribution in [1.29, 1.82) is 0 Å². The number of rotatable bonds is 6. The van der Waals surface area contributed by atoms with Crippen LogP contribution in [0.4, 0.5) is 8.78 Å². The third-order valence-corrected chi connectivity index (χ3v) is 2.93. The minimum Gasteiger partial charge on any atom is -0.372 e. The molecule has 1 fully saturated rings. The molecule has 0 aromatic carbocycles. The maximum Gasteiger partial charge on any atom is 0.264 e. The highest BCUT2D eigenvalue weighted by atomic mass is 32.2. The zero-order valence-corrected chi connectivity index (χ0v) is 10.1.